The van der Waals surface area contributed by atoms with Gasteiger partial charge in [0.15, 0.2) is 6.10 Å². The molecule has 0 aromatic carbocycles. The molecule has 1 aromatic rings. The number of nitrogens with zero attached hydrogens (tertiary/aromatic N) is 2. The molecule has 102 valence electrons. The molecule has 0 spiro atoms. The topological polar surface area (TPSA) is 68.7 Å². The summed E-state index contributed by atoms with van der Waals surface area (Å²) in [5, 5.41) is 0.464. The second kappa shape index (κ2) is 5.99. The predicted molar refractivity (Wildman–Crippen MR) is 66.9 cm³/mol. The Balaban J connectivity index is 2.06. The van der Waals surface area contributed by atoms with E-state index in [1.54, 1.807) is 12.1 Å². The van der Waals surface area contributed by atoms with Crippen molar-refractivity contribution >= 4 is 23.5 Å². The molecule has 1 aliphatic heterocycles. The highest BCUT2D eigenvalue weighted by molar-refractivity contribution is 6.30. The lowest BCUT2D eigenvalue weighted by atomic mass is 10.2. The Morgan fingerprint density at radius 1 is 1.53 bits per heavy atom. The first-order chi connectivity index (χ1) is 9.11. The fourth-order valence-electron chi connectivity index (χ4n) is 1.77. The molecule has 1 amide bonds. The zero-order valence-corrected chi connectivity index (χ0v) is 11.1. The molecule has 7 heteroatoms. The number of halogens is 1. The third-order valence-corrected chi connectivity index (χ3v) is 2.99. The smallest absolute Gasteiger partial charge is 0.336 e. The number of carbonyl (C=O) groups is 2. The molecule has 0 N–H and O–H groups in total. The summed E-state index contributed by atoms with van der Waals surface area (Å²) >= 11 is 5.72. The van der Waals surface area contributed by atoms with Crippen LogP contribution in [-0.2, 0) is 14.3 Å². The lowest BCUT2D eigenvalue weighted by Crippen LogP contribution is -2.49. The second-order valence-electron chi connectivity index (χ2n) is 4.00. The molecular formula is C12H13ClN2O4. The number of esters is 1. The number of pyridine rings is 1. The Kier molecular flexibility index (Phi) is 4.34. The van der Waals surface area contributed by atoms with E-state index in [4.69, 9.17) is 16.3 Å². The Labute approximate surface area is 115 Å². The zero-order valence-electron chi connectivity index (χ0n) is 10.3. The molecule has 1 saturated heterocycles. The molecule has 0 radical (unpaired) electrons. The number of morpholine rings is 1. The average Bonchev–Trinajstić information content (AvgIpc) is 2.46. The first-order valence-electron chi connectivity index (χ1n) is 5.72. The molecule has 19 heavy (non-hydrogen) atoms. The zero-order chi connectivity index (χ0) is 13.8. The summed E-state index contributed by atoms with van der Waals surface area (Å²) < 4.78 is 9.86. The van der Waals surface area contributed by atoms with Gasteiger partial charge in [-0.05, 0) is 12.1 Å². The summed E-state index contributed by atoms with van der Waals surface area (Å²) in [6.07, 6.45) is 0.669. The van der Waals surface area contributed by atoms with Crippen molar-refractivity contribution in [3.63, 3.8) is 0 Å². The van der Waals surface area contributed by atoms with Crippen LogP contribution in [0, 0.1) is 0 Å². The third kappa shape index (κ3) is 3.21. The van der Waals surface area contributed by atoms with E-state index in [2.05, 4.69) is 9.72 Å². The lowest BCUT2D eigenvalue weighted by Gasteiger charge is -2.31. The molecule has 1 aromatic heterocycles. The maximum Gasteiger partial charge on any atom is 0.336 e. The molecule has 1 fully saturated rings. The minimum Gasteiger partial charge on any atom is -0.467 e. The van der Waals surface area contributed by atoms with E-state index >= 15 is 0 Å². The quantitative estimate of drug-likeness (QED) is 0.750. The van der Waals surface area contributed by atoms with Gasteiger partial charge in [-0.3, -0.25) is 4.79 Å². The molecule has 1 aliphatic rings. The Morgan fingerprint density at radius 3 is 2.95 bits per heavy atom. The summed E-state index contributed by atoms with van der Waals surface area (Å²) in [6, 6.07) is 3.15. The molecule has 0 aliphatic carbocycles. The first kappa shape index (κ1) is 13.8. The summed E-state index contributed by atoms with van der Waals surface area (Å²) in [4.78, 5) is 29.1. The van der Waals surface area contributed by atoms with E-state index in [-0.39, 0.29) is 18.1 Å². The van der Waals surface area contributed by atoms with Gasteiger partial charge in [-0.15, -0.1) is 0 Å². The van der Waals surface area contributed by atoms with Gasteiger partial charge in [0.1, 0.15) is 5.69 Å². The van der Waals surface area contributed by atoms with Crippen molar-refractivity contribution in [1.29, 1.82) is 0 Å². The van der Waals surface area contributed by atoms with E-state index in [9.17, 15) is 9.59 Å². The number of carbonyl (C=O) groups excluding carboxylic acids is 2. The van der Waals surface area contributed by atoms with Gasteiger partial charge in [0, 0.05) is 12.7 Å². The highest BCUT2D eigenvalue weighted by atomic mass is 35.5. The molecule has 2 heterocycles. The van der Waals surface area contributed by atoms with Gasteiger partial charge in [-0.2, -0.15) is 0 Å². The van der Waals surface area contributed by atoms with Crippen LogP contribution in [0.5, 0.6) is 0 Å². The van der Waals surface area contributed by atoms with Crippen molar-refractivity contribution < 1.29 is 19.1 Å². The molecule has 1 unspecified atom stereocenters. The van der Waals surface area contributed by atoms with E-state index in [0.717, 1.165) is 0 Å². The van der Waals surface area contributed by atoms with Crippen molar-refractivity contribution in [3.8, 4) is 0 Å². The number of rotatable bonds is 2. The van der Waals surface area contributed by atoms with Crippen LogP contribution in [0.3, 0.4) is 0 Å². The van der Waals surface area contributed by atoms with Crippen LogP contribution in [0.15, 0.2) is 18.3 Å². The van der Waals surface area contributed by atoms with Crippen LogP contribution >= 0.6 is 11.6 Å². The van der Waals surface area contributed by atoms with Crippen molar-refractivity contribution in [1.82, 2.24) is 9.88 Å². The largest absolute Gasteiger partial charge is 0.467 e. The van der Waals surface area contributed by atoms with Gasteiger partial charge < -0.3 is 14.4 Å². The SMILES string of the molecule is COC(=O)C1CN(C(=O)c2ccc(Cl)cn2)CCO1. The molecule has 0 saturated carbocycles. The maximum atomic E-state index is 12.2. The summed E-state index contributed by atoms with van der Waals surface area (Å²) in [6.45, 7) is 0.867. The molecule has 1 atom stereocenters. The van der Waals surface area contributed by atoms with Crippen LogP contribution in [0.25, 0.3) is 0 Å². The van der Waals surface area contributed by atoms with Gasteiger partial charge in [-0.1, -0.05) is 11.6 Å². The van der Waals surface area contributed by atoms with Crippen molar-refractivity contribution in [2.75, 3.05) is 26.8 Å². The molecule has 6 nitrogen and oxygen atoms in total. The fourth-order valence-corrected chi connectivity index (χ4v) is 1.88. The van der Waals surface area contributed by atoms with E-state index < -0.39 is 12.1 Å². The van der Waals surface area contributed by atoms with E-state index in [1.807, 2.05) is 0 Å². The highest BCUT2D eigenvalue weighted by Gasteiger charge is 2.30. The Bertz CT molecular complexity index is 477. The van der Waals surface area contributed by atoms with Gasteiger partial charge in [0.05, 0.1) is 25.3 Å². The number of ether oxygens (including phenoxy) is 2. The van der Waals surface area contributed by atoms with Gasteiger partial charge in [0.2, 0.25) is 0 Å². The van der Waals surface area contributed by atoms with E-state index in [1.165, 1.54) is 18.2 Å². The normalized spacial score (nSPS) is 19.1. The lowest BCUT2D eigenvalue weighted by molar-refractivity contribution is -0.158. The number of hydrogen-bond donors (Lipinski definition) is 0. The van der Waals surface area contributed by atoms with Gasteiger partial charge in [0.25, 0.3) is 5.91 Å². The molecule has 0 bridgehead atoms. The second-order valence-corrected chi connectivity index (χ2v) is 4.43. The van der Waals surface area contributed by atoms with Gasteiger partial charge in [-0.25, -0.2) is 9.78 Å². The summed E-state index contributed by atoms with van der Waals surface area (Å²) in [7, 11) is 1.28. The van der Waals surface area contributed by atoms with E-state index in [0.29, 0.717) is 18.2 Å². The van der Waals surface area contributed by atoms with Crippen molar-refractivity contribution in [2.24, 2.45) is 0 Å². The number of amides is 1. The summed E-state index contributed by atoms with van der Waals surface area (Å²) in [5.74, 6) is -0.740. The van der Waals surface area contributed by atoms with Crippen molar-refractivity contribution in [3.05, 3.63) is 29.0 Å². The van der Waals surface area contributed by atoms with Crippen LogP contribution in [0.4, 0.5) is 0 Å². The van der Waals surface area contributed by atoms with Crippen LogP contribution in [0.2, 0.25) is 5.02 Å². The number of methoxy groups -OCH3 is 1. The monoisotopic (exact) mass is 284 g/mol. The van der Waals surface area contributed by atoms with Crippen LogP contribution in [-0.4, -0.2) is 54.7 Å². The third-order valence-electron chi connectivity index (χ3n) is 2.76. The summed E-state index contributed by atoms with van der Waals surface area (Å²) in [5.41, 5.74) is 0.287. The van der Waals surface area contributed by atoms with Crippen molar-refractivity contribution in [2.45, 2.75) is 6.10 Å². The Hall–Kier alpha value is -1.66. The molecule has 2 rings (SSSR count). The minimum absolute atomic E-state index is 0.163. The average molecular weight is 285 g/mol. The number of hydrogen-bond acceptors (Lipinski definition) is 5. The molecular weight excluding hydrogens is 272 g/mol. The fraction of sp³-hybridized carbons (Fsp3) is 0.417. The maximum absolute atomic E-state index is 12.2. The van der Waals surface area contributed by atoms with Crippen LogP contribution in [0.1, 0.15) is 10.5 Å². The standard InChI is InChI=1S/C12H13ClN2O4/c1-18-12(17)10-7-15(4-5-19-10)11(16)9-3-2-8(13)6-14-9/h2-3,6,10H,4-5,7H2,1H3. The number of aromatic nitrogens is 1. The predicted octanol–water partition coefficient (Wildman–Crippen LogP) is 0.749. The highest BCUT2D eigenvalue weighted by Crippen LogP contribution is 2.12. The minimum atomic E-state index is -0.741. The van der Waals surface area contributed by atoms with Crippen LogP contribution < -0.4 is 0 Å². The Morgan fingerprint density at radius 2 is 2.32 bits per heavy atom. The van der Waals surface area contributed by atoms with Gasteiger partial charge >= 0.3 is 5.97 Å². The first-order valence-corrected chi connectivity index (χ1v) is 6.10.